The minimum absolute atomic E-state index is 0.0653. The molecule has 1 atom stereocenters. The average molecular weight is 374 g/mol. The second-order valence-corrected chi connectivity index (χ2v) is 7.14. The Bertz CT molecular complexity index is 999. The lowest BCUT2D eigenvalue weighted by atomic mass is 9.97. The molecule has 0 saturated carbocycles. The van der Waals surface area contributed by atoms with Crippen LogP contribution in [0.5, 0.6) is 5.75 Å². The largest absolute Gasteiger partial charge is 0.493 e. The van der Waals surface area contributed by atoms with Gasteiger partial charge in [-0.25, -0.2) is 0 Å². The maximum absolute atomic E-state index is 13.3. The monoisotopic (exact) mass is 374 g/mol. The van der Waals surface area contributed by atoms with Gasteiger partial charge in [0.25, 0.3) is 5.91 Å². The van der Waals surface area contributed by atoms with Crippen LogP contribution in [0, 0.1) is 0 Å². The minimum atomic E-state index is -0.264. The highest BCUT2D eigenvalue weighted by molar-refractivity contribution is 6.02. The van der Waals surface area contributed by atoms with Crippen LogP contribution in [-0.4, -0.2) is 24.0 Å². The molecule has 0 saturated heterocycles. The van der Waals surface area contributed by atoms with Crippen LogP contribution in [0.2, 0.25) is 0 Å². The van der Waals surface area contributed by atoms with Gasteiger partial charge < -0.3 is 15.0 Å². The molecule has 0 bridgehead atoms. The molecule has 4 nitrogen and oxygen atoms in total. The summed E-state index contributed by atoms with van der Waals surface area (Å²) < 4.78 is 6.12. The predicted molar refractivity (Wildman–Crippen MR) is 114 cm³/mol. The van der Waals surface area contributed by atoms with Crippen molar-refractivity contribution in [3.63, 3.8) is 0 Å². The van der Waals surface area contributed by atoms with Crippen LogP contribution in [0.3, 0.4) is 0 Å². The lowest BCUT2D eigenvalue weighted by molar-refractivity contribution is 0.0682. The lowest BCUT2D eigenvalue weighted by Crippen LogP contribution is -2.43. The smallest absolute Gasteiger partial charge is 0.257 e. The molecule has 3 aromatic rings. The van der Waals surface area contributed by atoms with Gasteiger partial charge >= 0.3 is 0 Å². The minimum Gasteiger partial charge on any atom is -0.493 e. The van der Waals surface area contributed by atoms with E-state index in [4.69, 9.17) is 4.74 Å². The number of benzene rings is 3. The number of carbonyl (C=O) groups excluding carboxylic acids is 1. The van der Waals surface area contributed by atoms with Crippen molar-refractivity contribution in [1.82, 2.24) is 4.90 Å². The maximum atomic E-state index is 13.3. The topological polar surface area (TPSA) is 41.6 Å². The van der Waals surface area contributed by atoms with Gasteiger partial charge in [0, 0.05) is 17.8 Å². The predicted octanol–water partition coefficient (Wildman–Crippen LogP) is 5.61. The zero-order valence-corrected chi connectivity index (χ0v) is 16.4. The number of anilines is 1. The molecule has 0 aromatic heterocycles. The van der Waals surface area contributed by atoms with Gasteiger partial charge in [0.05, 0.1) is 12.2 Å². The zero-order valence-electron chi connectivity index (χ0n) is 16.4. The summed E-state index contributed by atoms with van der Waals surface area (Å²) in [5.74, 6) is 0.905. The van der Waals surface area contributed by atoms with Crippen LogP contribution in [0.4, 0.5) is 5.69 Å². The highest BCUT2D eigenvalue weighted by Crippen LogP contribution is 2.40. The molecule has 0 fully saturated rings. The van der Waals surface area contributed by atoms with Crippen molar-refractivity contribution in [2.24, 2.45) is 0 Å². The molecule has 1 aliphatic heterocycles. The number of amides is 1. The van der Waals surface area contributed by atoms with Gasteiger partial charge in [-0.15, -0.1) is 0 Å². The summed E-state index contributed by atoms with van der Waals surface area (Å²) in [6.45, 7) is 5.53. The average Bonchev–Trinajstić information content (AvgIpc) is 2.74. The molecule has 0 spiro atoms. The molecule has 1 amide bonds. The van der Waals surface area contributed by atoms with E-state index >= 15 is 0 Å². The third-order valence-corrected chi connectivity index (χ3v) is 5.15. The number of ether oxygens (including phenoxy) is 1. The normalized spacial score (nSPS) is 16.0. The van der Waals surface area contributed by atoms with Crippen LogP contribution >= 0.6 is 0 Å². The Kier molecular flexibility index (Phi) is 5.20. The Morgan fingerprint density at radius 1 is 0.964 bits per heavy atom. The first kappa shape index (κ1) is 18.4. The lowest BCUT2D eigenvalue weighted by Gasteiger charge is -2.39. The number of nitrogens with one attached hydrogen (secondary N) is 1. The highest BCUT2D eigenvalue weighted by Gasteiger charge is 2.34. The Labute approximate surface area is 166 Å². The van der Waals surface area contributed by atoms with Gasteiger partial charge in [0.15, 0.2) is 0 Å². The van der Waals surface area contributed by atoms with E-state index in [0.717, 1.165) is 46.2 Å². The summed E-state index contributed by atoms with van der Waals surface area (Å²) in [5.41, 5.74) is 2.63. The van der Waals surface area contributed by atoms with Crippen molar-refractivity contribution in [3.8, 4) is 5.75 Å². The summed E-state index contributed by atoms with van der Waals surface area (Å²) in [7, 11) is 0. The third-order valence-electron chi connectivity index (χ3n) is 5.15. The van der Waals surface area contributed by atoms with E-state index in [1.165, 1.54) is 0 Å². The van der Waals surface area contributed by atoms with Crippen molar-refractivity contribution in [2.75, 3.05) is 18.5 Å². The first-order valence-electron chi connectivity index (χ1n) is 10.1. The molecule has 3 aromatic carbocycles. The van der Waals surface area contributed by atoms with Gasteiger partial charge in [-0.05, 0) is 41.8 Å². The SMILES string of the molecule is CCCOc1ccc2ccccc2c1C1Nc2ccccc2C(=O)N1CCC. The molecule has 1 unspecified atom stereocenters. The van der Waals surface area contributed by atoms with E-state index in [-0.39, 0.29) is 12.1 Å². The molecular weight excluding hydrogens is 348 g/mol. The number of nitrogens with zero attached hydrogens (tertiary/aromatic N) is 1. The first-order chi connectivity index (χ1) is 13.7. The second-order valence-electron chi connectivity index (χ2n) is 7.14. The summed E-state index contributed by atoms with van der Waals surface area (Å²) in [4.78, 5) is 15.2. The zero-order chi connectivity index (χ0) is 19.5. The van der Waals surface area contributed by atoms with E-state index in [9.17, 15) is 4.79 Å². The van der Waals surface area contributed by atoms with E-state index in [2.05, 4.69) is 37.4 Å². The number of hydrogen-bond acceptors (Lipinski definition) is 3. The van der Waals surface area contributed by atoms with Crippen LogP contribution in [0.25, 0.3) is 10.8 Å². The standard InChI is InChI=1S/C24H26N2O2/c1-3-15-26-23(25-20-12-8-7-11-19(20)24(26)27)22-18-10-6-5-9-17(18)13-14-21(22)28-16-4-2/h5-14,23,25H,3-4,15-16H2,1-2H3. The molecule has 4 heteroatoms. The summed E-state index contributed by atoms with van der Waals surface area (Å²) in [6, 6.07) is 20.2. The van der Waals surface area contributed by atoms with E-state index in [1.807, 2.05) is 47.4 Å². The Hall–Kier alpha value is -3.01. The third kappa shape index (κ3) is 3.19. The molecule has 4 rings (SSSR count). The molecule has 144 valence electrons. The van der Waals surface area contributed by atoms with E-state index in [1.54, 1.807) is 0 Å². The Balaban J connectivity index is 1.90. The van der Waals surface area contributed by atoms with Crippen LogP contribution in [0.15, 0.2) is 60.7 Å². The molecule has 0 aliphatic carbocycles. The molecule has 1 N–H and O–H groups in total. The number of fused-ring (bicyclic) bond motifs is 2. The molecule has 0 radical (unpaired) electrons. The van der Waals surface area contributed by atoms with Gasteiger partial charge in [-0.2, -0.15) is 0 Å². The maximum Gasteiger partial charge on any atom is 0.257 e. The van der Waals surface area contributed by atoms with Crippen LogP contribution < -0.4 is 10.1 Å². The van der Waals surface area contributed by atoms with E-state index < -0.39 is 0 Å². The number of para-hydroxylation sites is 1. The highest BCUT2D eigenvalue weighted by atomic mass is 16.5. The van der Waals surface area contributed by atoms with Gasteiger partial charge in [-0.1, -0.05) is 56.3 Å². The summed E-state index contributed by atoms with van der Waals surface area (Å²) in [5, 5.41) is 5.87. The summed E-state index contributed by atoms with van der Waals surface area (Å²) >= 11 is 0. The quantitative estimate of drug-likeness (QED) is 0.610. The fraction of sp³-hybridized carbons (Fsp3) is 0.292. The number of rotatable bonds is 6. The van der Waals surface area contributed by atoms with Crippen molar-refractivity contribution >= 4 is 22.4 Å². The van der Waals surface area contributed by atoms with Crippen molar-refractivity contribution in [3.05, 3.63) is 71.8 Å². The molecule has 1 heterocycles. The molecular formula is C24H26N2O2. The van der Waals surface area contributed by atoms with Gasteiger partial charge in [0.1, 0.15) is 11.9 Å². The first-order valence-corrected chi connectivity index (χ1v) is 10.1. The van der Waals surface area contributed by atoms with Gasteiger partial charge in [0.2, 0.25) is 0 Å². The fourth-order valence-corrected chi connectivity index (χ4v) is 3.89. The molecule has 28 heavy (non-hydrogen) atoms. The Morgan fingerprint density at radius 2 is 1.75 bits per heavy atom. The number of carbonyl (C=O) groups is 1. The summed E-state index contributed by atoms with van der Waals surface area (Å²) in [6.07, 6.45) is 1.56. The van der Waals surface area contributed by atoms with Crippen molar-refractivity contribution in [2.45, 2.75) is 32.9 Å². The fourth-order valence-electron chi connectivity index (χ4n) is 3.89. The van der Waals surface area contributed by atoms with Crippen LogP contribution in [0.1, 0.15) is 48.8 Å². The second kappa shape index (κ2) is 7.93. The van der Waals surface area contributed by atoms with Crippen molar-refractivity contribution in [1.29, 1.82) is 0 Å². The van der Waals surface area contributed by atoms with Crippen molar-refractivity contribution < 1.29 is 9.53 Å². The molecule has 1 aliphatic rings. The van der Waals surface area contributed by atoms with Crippen LogP contribution in [-0.2, 0) is 0 Å². The number of hydrogen-bond donors (Lipinski definition) is 1. The Morgan fingerprint density at radius 3 is 2.57 bits per heavy atom. The van der Waals surface area contributed by atoms with Gasteiger partial charge in [-0.3, -0.25) is 4.79 Å². The van der Waals surface area contributed by atoms with E-state index in [0.29, 0.717) is 13.2 Å².